The average Bonchev–Trinajstić information content (AvgIpc) is 3.02. The van der Waals surface area contributed by atoms with Gasteiger partial charge in [0.15, 0.2) is 0 Å². The van der Waals surface area contributed by atoms with Crippen molar-refractivity contribution < 1.29 is 14.3 Å². The lowest BCUT2D eigenvalue weighted by Crippen LogP contribution is -2.13. The van der Waals surface area contributed by atoms with Gasteiger partial charge in [0.25, 0.3) is 5.91 Å². The van der Waals surface area contributed by atoms with E-state index >= 15 is 0 Å². The van der Waals surface area contributed by atoms with E-state index in [-0.39, 0.29) is 5.91 Å². The van der Waals surface area contributed by atoms with E-state index in [4.69, 9.17) is 10.5 Å². The van der Waals surface area contributed by atoms with Gasteiger partial charge in [-0.3, -0.25) is 4.79 Å². The molecule has 3 N–H and O–H groups in total. The monoisotopic (exact) mass is 363 g/mol. The highest BCUT2D eigenvalue weighted by Gasteiger charge is 2.15. The molecular weight excluding hydrogens is 342 g/mol. The highest BCUT2D eigenvalue weighted by molar-refractivity contribution is 6.06. The fourth-order valence-electron chi connectivity index (χ4n) is 2.86. The molecule has 0 aliphatic carbocycles. The fourth-order valence-corrected chi connectivity index (χ4v) is 2.86. The Labute approximate surface area is 157 Å². The lowest BCUT2D eigenvalue weighted by atomic mass is 9.99. The standard InChI is InChI=1S/C21H21N3O3/c1-13-4-5-15(14-6-8-16(22)9-7-14)10-18(13)20(25)23-17-11-19(21(26)27-3)24(2)12-17/h4-12H,22H2,1-3H3,(H,23,25). The number of esters is 1. The van der Waals surface area contributed by atoms with Crippen molar-refractivity contribution in [3.05, 3.63) is 71.5 Å². The maximum atomic E-state index is 12.8. The number of carbonyl (C=O) groups is 2. The number of anilines is 2. The van der Waals surface area contributed by atoms with Crippen LogP contribution in [0.5, 0.6) is 0 Å². The van der Waals surface area contributed by atoms with Crippen LogP contribution in [0.4, 0.5) is 11.4 Å². The largest absolute Gasteiger partial charge is 0.464 e. The molecule has 3 rings (SSSR count). The fraction of sp³-hybridized carbons (Fsp3) is 0.143. The van der Waals surface area contributed by atoms with Gasteiger partial charge < -0.3 is 20.4 Å². The topological polar surface area (TPSA) is 86.3 Å². The van der Waals surface area contributed by atoms with E-state index in [1.54, 1.807) is 23.9 Å². The minimum atomic E-state index is -0.459. The van der Waals surface area contributed by atoms with Gasteiger partial charge in [0.05, 0.1) is 12.8 Å². The Morgan fingerprint density at radius 3 is 2.37 bits per heavy atom. The van der Waals surface area contributed by atoms with Gasteiger partial charge in [-0.2, -0.15) is 0 Å². The van der Waals surface area contributed by atoms with Crippen LogP contribution in [-0.4, -0.2) is 23.6 Å². The first-order chi connectivity index (χ1) is 12.9. The van der Waals surface area contributed by atoms with Crippen molar-refractivity contribution >= 4 is 23.3 Å². The second kappa shape index (κ2) is 7.37. The van der Waals surface area contributed by atoms with Crippen LogP contribution in [0.25, 0.3) is 11.1 Å². The molecule has 138 valence electrons. The summed E-state index contributed by atoms with van der Waals surface area (Å²) in [6.45, 7) is 1.88. The lowest BCUT2D eigenvalue weighted by Gasteiger charge is -2.09. The molecule has 0 spiro atoms. The molecule has 1 aromatic heterocycles. The van der Waals surface area contributed by atoms with E-state index in [2.05, 4.69) is 5.32 Å². The van der Waals surface area contributed by atoms with Crippen LogP contribution in [0.3, 0.4) is 0 Å². The van der Waals surface area contributed by atoms with Gasteiger partial charge in [0.1, 0.15) is 5.69 Å². The Morgan fingerprint density at radius 1 is 1.04 bits per heavy atom. The van der Waals surface area contributed by atoms with E-state index in [0.717, 1.165) is 16.7 Å². The molecule has 6 heteroatoms. The molecule has 0 atom stereocenters. The normalized spacial score (nSPS) is 10.5. The third-order valence-electron chi connectivity index (χ3n) is 4.38. The quantitative estimate of drug-likeness (QED) is 0.547. The van der Waals surface area contributed by atoms with Crippen LogP contribution in [0.2, 0.25) is 0 Å². The molecule has 1 heterocycles. The minimum absolute atomic E-state index is 0.244. The van der Waals surface area contributed by atoms with E-state index in [9.17, 15) is 9.59 Å². The smallest absolute Gasteiger partial charge is 0.354 e. The van der Waals surface area contributed by atoms with E-state index in [1.807, 2.05) is 49.4 Å². The molecule has 0 aliphatic rings. The number of amides is 1. The molecule has 0 saturated carbocycles. The Balaban J connectivity index is 1.87. The van der Waals surface area contributed by atoms with E-state index in [1.165, 1.54) is 7.11 Å². The average molecular weight is 363 g/mol. The van der Waals surface area contributed by atoms with Crippen molar-refractivity contribution in [2.75, 3.05) is 18.2 Å². The summed E-state index contributed by atoms with van der Waals surface area (Å²) in [5, 5.41) is 2.84. The van der Waals surface area contributed by atoms with E-state index < -0.39 is 5.97 Å². The van der Waals surface area contributed by atoms with Crippen LogP contribution < -0.4 is 11.1 Å². The summed E-state index contributed by atoms with van der Waals surface area (Å²) < 4.78 is 6.34. The highest BCUT2D eigenvalue weighted by atomic mass is 16.5. The van der Waals surface area contributed by atoms with Gasteiger partial charge in [-0.15, -0.1) is 0 Å². The SMILES string of the molecule is COC(=O)c1cc(NC(=O)c2cc(-c3ccc(N)cc3)ccc2C)cn1C. The van der Waals surface area contributed by atoms with Gasteiger partial charge in [-0.1, -0.05) is 24.3 Å². The molecule has 0 unspecified atom stereocenters. The second-order valence-electron chi connectivity index (χ2n) is 6.32. The highest BCUT2D eigenvalue weighted by Crippen LogP contribution is 2.24. The number of carbonyl (C=O) groups excluding carboxylic acids is 2. The number of nitrogens with zero attached hydrogens (tertiary/aromatic N) is 1. The summed E-state index contributed by atoms with van der Waals surface area (Å²) in [5.74, 6) is -0.702. The van der Waals surface area contributed by atoms with Crippen molar-refractivity contribution in [3.8, 4) is 11.1 Å². The molecule has 0 saturated heterocycles. The number of hydrogen-bond acceptors (Lipinski definition) is 4. The van der Waals surface area contributed by atoms with Gasteiger partial charge in [0, 0.05) is 24.5 Å². The minimum Gasteiger partial charge on any atom is -0.464 e. The molecule has 0 fully saturated rings. The first-order valence-electron chi connectivity index (χ1n) is 8.41. The molecule has 0 bridgehead atoms. The van der Waals surface area contributed by atoms with Crippen molar-refractivity contribution in [2.24, 2.45) is 7.05 Å². The number of nitrogens with two attached hydrogens (primary N) is 1. The summed E-state index contributed by atoms with van der Waals surface area (Å²) in [5.41, 5.74) is 10.6. The molecule has 0 aliphatic heterocycles. The lowest BCUT2D eigenvalue weighted by molar-refractivity contribution is 0.0589. The van der Waals surface area contributed by atoms with Gasteiger partial charge >= 0.3 is 5.97 Å². The van der Waals surface area contributed by atoms with Gasteiger partial charge in [0.2, 0.25) is 0 Å². The Hall–Kier alpha value is -3.54. The van der Waals surface area contributed by atoms with Crippen molar-refractivity contribution in [2.45, 2.75) is 6.92 Å². The Morgan fingerprint density at radius 2 is 1.70 bits per heavy atom. The number of nitrogen functional groups attached to an aromatic ring is 1. The van der Waals surface area contributed by atoms with Crippen molar-refractivity contribution in [1.29, 1.82) is 0 Å². The first-order valence-corrected chi connectivity index (χ1v) is 8.41. The van der Waals surface area contributed by atoms with Crippen LogP contribution >= 0.6 is 0 Å². The number of ether oxygens (including phenoxy) is 1. The number of rotatable bonds is 4. The predicted octanol–water partition coefficient (Wildman–Crippen LogP) is 3.62. The number of methoxy groups -OCH3 is 1. The van der Waals surface area contributed by atoms with Crippen LogP contribution in [0, 0.1) is 6.92 Å². The van der Waals surface area contributed by atoms with Crippen LogP contribution in [-0.2, 0) is 11.8 Å². The summed E-state index contributed by atoms with van der Waals surface area (Å²) in [7, 11) is 3.04. The molecule has 0 radical (unpaired) electrons. The number of aromatic nitrogens is 1. The maximum absolute atomic E-state index is 12.8. The van der Waals surface area contributed by atoms with Crippen LogP contribution in [0.1, 0.15) is 26.4 Å². The van der Waals surface area contributed by atoms with E-state index in [0.29, 0.717) is 22.6 Å². The summed E-state index contributed by atoms with van der Waals surface area (Å²) in [6, 6.07) is 14.8. The Bertz CT molecular complexity index is 1000. The molecule has 1 amide bonds. The number of benzene rings is 2. The number of nitrogens with one attached hydrogen (secondary N) is 1. The number of aryl methyl sites for hydroxylation is 2. The van der Waals surface area contributed by atoms with Gasteiger partial charge in [-0.05, 0) is 47.9 Å². The summed E-state index contributed by atoms with van der Waals surface area (Å²) >= 11 is 0. The zero-order valence-corrected chi connectivity index (χ0v) is 15.4. The molecule has 2 aromatic carbocycles. The predicted molar refractivity (Wildman–Crippen MR) is 106 cm³/mol. The number of hydrogen-bond donors (Lipinski definition) is 2. The first kappa shape index (κ1) is 18.3. The molecular formula is C21H21N3O3. The van der Waals surface area contributed by atoms with Crippen molar-refractivity contribution in [1.82, 2.24) is 4.57 Å². The van der Waals surface area contributed by atoms with Crippen LogP contribution in [0.15, 0.2) is 54.7 Å². The second-order valence-corrected chi connectivity index (χ2v) is 6.32. The third-order valence-corrected chi connectivity index (χ3v) is 4.38. The van der Waals surface area contributed by atoms with Crippen molar-refractivity contribution in [3.63, 3.8) is 0 Å². The summed E-state index contributed by atoms with van der Waals surface area (Å²) in [4.78, 5) is 24.5. The third kappa shape index (κ3) is 3.84. The maximum Gasteiger partial charge on any atom is 0.354 e. The Kier molecular flexibility index (Phi) is 4.98. The molecule has 3 aromatic rings. The molecule has 6 nitrogen and oxygen atoms in total. The summed E-state index contributed by atoms with van der Waals surface area (Å²) in [6.07, 6.45) is 1.67. The zero-order valence-electron chi connectivity index (χ0n) is 15.4. The zero-order chi connectivity index (χ0) is 19.6. The molecule has 27 heavy (non-hydrogen) atoms. The van der Waals surface area contributed by atoms with Gasteiger partial charge in [-0.25, -0.2) is 4.79 Å².